The molecule has 0 unspecified atom stereocenters. The molecule has 2 N–H and O–H groups in total. The topological polar surface area (TPSA) is 80.0 Å². The van der Waals surface area contributed by atoms with Crippen molar-refractivity contribution in [1.29, 1.82) is 0 Å². The zero-order valence-corrected chi connectivity index (χ0v) is 14.5. The molecule has 0 aliphatic heterocycles. The van der Waals surface area contributed by atoms with Gasteiger partial charge in [-0.3, -0.25) is 4.79 Å². The number of nitrogens with one attached hydrogen (secondary N) is 2. The van der Waals surface area contributed by atoms with Crippen molar-refractivity contribution in [3.63, 3.8) is 0 Å². The van der Waals surface area contributed by atoms with Gasteiger partial charge in [-0.1, -0.05) is 17.7 Å². The predicted molar refractivity (Wildman–Crippen MR) is 95.8 cm³/mol. The molecule has 3 rings (SSSR count). The van der Waals surface area contributed by atoms with Crippen molar-refractivity contribution in [1.82, 2.24) is 15.3 Å². The molecule has 0 saturated carbocycles. The van der Waals surface area contributed by atoms with E-state index in [-0.39, 0.29) is 5.91 Å². The summed E-state index contributed by atoms with van der Waals surface area (Å²) in [5.41, 5.74) is 4.22. The van der Waals surface area contributed by atoms with Gasteiger partial charge in [0.1, 0.15) is 11.5 Å². The Labute approximate surface area is 146 Å². The molecule has 2 aromatic heterocycles. The van der Waals surface area contributed by atoms with Crippen LogP contribution in [0.1, 0.15) is 33.1 Å². The number of hydrogen-bond donors (Lipinski definition) is 2. The number of aromatic nitrogens is 2. The fourth-order valence-electron chi connectivity index (χ4n) is 2.49. The second-order valence-electron chi connectivity index (χ2n) is 5.92. The van der Waals surface area contributed by atoms with Gasteiger partial charge in [-0.25, -0.2) is 9.97 Å². The van der Waals surface area contributed by atoms with Gasteiger partial charge in [0.05, 0.1) is 12.8 Å². The van der Waals surface area contributed by atoms with Crippen LogP contribution in [0.4, 0.5) is 11.6 Å². The van der Waals surface area contributed by atoms with Crippen molar-refractivity contribution in [3.8, 4) is 0 Å². The highest BCUT2D eigenvalue weighted by Crippen LogP contribution is 2.19. The number of furan rings is 1. The van der Waals surface area contributed by atoms with Crippen LogP contribution in [-0.4, -0.2) is 15.9 Å². The molecule has 0 aliphatic rings. The minimum atomic E-state index is -0.273. The van der Waals surface area contributed by atoms with Crippen LogP contribution in [0.2, 0.25) is 0 Å². The SMILES string of the molecule is Cc1ccc(Nc2nc(C)cc(C(=O)NCc3ccco3)n2)c(C)c1. The van der Waals surface area contributed by atoms with Crippen molar-refractivity contribution in [3.05, 3.63) is 70.9 Å². The molecule has 128 valence electrons. The molecule has 0 spiro atoms. The van der Waals surface area contributed by atoms with Gasteiger partial charge >= 0.3 is 0 Å². The average Bonchev–Trinajstić information content (AvgIpc) is 3.08. The van der Waals surface area contributed by atoms with Crippen molar-refractivity contribution in [2.75, 3.05) is 5.32 Å². The van der Waals surface area contributed by atoms with Gasteiger partial charge in [-0.05, 0) is 50.6 Å². The number of rotatable bonds is 5. The number of nitrogens with zero attached hydrogens (tertiary/aromatic N) is 2. The second kappa shape index (κ2) is 7.17. The number of carbonyl (C=O) groups is 1. The number of benzene rings is 1. The summed E-state index contributed by atoms with van der Waals surface area (Å²) in [5.74, 6) is 0.813. The Balaban J connectivity index is 1.76. The Hall–Kier alpha value is -3.15. The first-order valence-corrected chi connectivity index (χ1v) is 8.02. The number of hydrogen-bond acceptors (Lipinski definition) is 5. The van der Waals surface area contributed by atoms with Gasteiger partial charge in [-0.15, -0.1) is 0 Å². The van der Waals surface area contributed by atoms with E-state index in [0.29, 0.717) is 29.6 Å². The molecule has 1 amide bonds. The summed E-state index contributed by atoms with van der Waals surface area (Å²) in [5, 5.41) is 5.97. The van der Waals surface area contributed by atoms with E-state index < -0.39 is 0 Å². The third-order valence-corrected chi connectivity index (χ3v) is 3.72. The Bertz CT molecular complexity index is 888. The summed E-state index contributed by atoms with van der Waals surface area (Å²) in [4.78, 5) is 21.0. The summed E-state index contributed by atoms with van der Waals surface area (Å²) in [6, 6.07) is 11.3. The van der Waals surface area contributed by atoms with Crippen LogP contribution in [0, 0.1) is 20.8 Å². The molecule has 25 heavy (non-hydrogen) atoms. The first kappa shape index (κ1) is 16.7. The van der Waals surface area contributed by atoms with Crippen LogP contribution < -0.4 is 10.6 Å². The highest BCUT2D eigenvalue weighted by molar-refractivity contribution is 5.92. The van der Waals surface area contributed by atoms with Crippen LogP contribution in [0.3, 0.4) is 0 Å². The van der Waals surface area contributed by atoms with Crippen LogP contribution in [-0.2, 0) is 6.54 Å². The normalized spacial score (nSPS) is 10.5. The summed E-state index contributed by atoms with van der Waals surface area (Å²) < 4.78 is 5.21. The molecule has 6 heteroatoms. The first-order valence-electron chi connectivity index (χ1n) is 8.02. The number of carbonyl (C=O) groups excluding carboxylic acids is 1. The number of anilines is 2. The lowest BCUT2D eigenvalue weighted by molar-refractivity contribution is 0.0943. The lowest BCUT2D eigenvalue weighted by atomic mass is 10.1. The standard InChI is InChI=1S/C19H20N4O2/c1-12-6-7-16(13(2)9-12)22-19-21-14(3)10-17(23-19)18(24)20-11-15-5-4-8-25-15/h4-10H,11H2,1-3H3,(H,20,24)(H,21,22,23). The maximum Gasteiger partial charge on any atom is 0.270 e. The Morgan fingerprint density at radius 3 is 2.68 bits per heavy atom. The van der Waals surface area contributed by atoms with E-state index in [2.05, 4.69) is 26.7 Å². The van der Waals surface area contributed by atoms with Gasteiger partial charge in [0.15, 0.2) is 0 Å². The Morgan fingerprint density at radius 2 is 1.96 bits per heavy atom. The highest BCUT2D eigenvalue weighted by Gasteiger charge is 2.12. The summed E-state index contributed by atoms with van der Waals surface area (Å²) in [6.45, 7) is 6.20. The van der Waals surface area contributed by atoms with Gasteiger partial charge < -0.3 is 15.1 Å². The zero-order chi connectivity index (χ0) is 17.8. The molecule has 1 aromatic carbocycles. The summed E-state index contributed by atoms with van der Waals surface area (Å²) in [7, 11) is 0. The lowest BCUT2D eigenvalue weighted by Crippen LogP contribution is -2.24. The molecule has 3 aromatic rings. The molecule has 0 aliphatic carbocycles. The van der Waals surface area contributed by atoms with E-state index in [4.69, 9.17) is 4.42 Å². The fraction of sp³-hybridized carbons (Fsp3) is 0.211. The molecule has 6 nitrogen and oxygen atoms in total. The number of aryl methyl sites for hydroxylation is 3. The number of amides is 1. The monoisotopic (exact) mass is 336 g/mol. The molecular formula is C19H20N4O2. The largest absolute Gasteiger partial charge is 0.467 e. The highest BCUT2D eigenvalue weighted by atomic mass is 16.3. The maximum absolute atomic E-state index is 12.3. The zero-order valence-electron chi connectivity index (χ0n) is 14.5. The van der Waals surface area contributed by atoms with E-state index in [1.54, 1.807) is 24.5 Å². The molecule has 0 bridgehead atoms. The molecule has 2 heterocycles. The Morgan fingerprint density at radius 1 is 1.12 bits per heavy atom. The van der Waals surface area contributed by atoms with Gasteiger partial charge in [0, 0.05) is 11.4 Å². The van der Waals surface area contributed by atoms with Gasteiger partial charge in [0.2, 0.25) is 5.95 Å². The predicted octanol–water partition coefficient (Wildman–Crippen LogP) is 3.67. The van der Waals surface area contributed by atoms with Crippen LogP contribution >= 0.6 is 0 Å². The van der Waals surface area contributed by atoms with Gasteiger partial charge in [0.25, 0.3) is 5.91 Å². The first-order chi connectivity index (χ1) is 12.0. The minimum absolute atomic E-state index is 0.273. The summed E-state index contributed by atoms with van der Waals surface area (Å²) >= 11 is 0. The third kappa shape index (κ3) is 4.23. The second-order valence-corrected chi connectivity index (χ2v) is 5.92. The fourth-order valence-corrected chi connectivity index (χ4v) is 2.49. The van der Waals surface area contributed by atoms with E-state index in [1.807, 2.05) is 32.9 Å². The maximum atomic E-state index is 12.3. The van der Waals surface area contributed by atoms with Crippen molar-refractivity contribution in [2.45, 2.75) is 27.3 Å². The molecule has 0 fully saturated rings. The average molecular weight is 336 g/mol. The van der Waals surface area contributed by atoms with E-state index in [9.17, 15) is 4.79 Å². The van der Waals surface area contributed by atoms with Crippen LogP contribution in [0.5, 0.6) is 0 Å². The third-order valence-electron chi connectivity index (χ3n) is 3.72. The van der Waals surface area contributed by atoms with Crippen molar-refractivity contribution < 1.29 is 9.21 Å². The van der Waals surface area contributed by atoms with E-state index in [0.717, 1.165) is 11.3 Å². The van der Waals surface area contributed by atoms with Gasteiger partial charge in [-0.2, -0.15) is 0 Å². The molecule has 0 atom stereocenters. The van der Waals surface area contributed by atoms with Crippen LogP contribution in [0.15, 0.2) is 47.1 Å². The van der Waals surface area contributed by atoms with E-state index in [1.165, 1.54) is 5.56 Å². The quantitative estimate of drug-likeness (QED) is 0.743. The van der Waals surface area contributed by atoms with Crippen LogP contribution in [0.25, 0.3) is 0 Å². The molecular weight excluding hydrogens is 316 g/mol. The molecule has 0 saturated heterocycles. The van der Waals surface area contributed by atoms with E-state index >= 15 is 0 Å². The smallest absolute Gasteiger partial charge is 0.270 e. The summed E-state index contributed by atoms with van der Waals surface area (Å²) in [6.07, 6.45) is 1.57. The minimum Gasteiger partial charge on any atom is -0.467 e. The lowest BCUT2D eigenvalue weighted by Gasteiger charge is -2.11. The molecule has 0 radical (unpaired) electrons. The Kier molecular flexibility index (Phi) is 4.79. The van der Waals surface area contributed by atoms with Crippen molar-refractivity contribution >= 4 is 17.5 Å². The van der Waals surface area contributed by atoms with Crippen molar-refractivity contribution in [2.24, 2.45) is 0 Å².